The summed E-state index contributed by atoms with van der Waals surface area (Å²) >= 11 is 0. The van der Waals surface area contributed by atoms with E-state index in [1.54, 1.807) is 0 Å². The van der Waals surface area contributed by atoms with Crippen molar-refractivity contribution < 1.29 is 4.79 Å². The van der Waals surface area contributed by atoms with Crippen LogP contribution < -0.4 is 5.32 Å². The molecule has 0 unspecified atom stereocenters. The summed E-state index contributed by atoms with van der Waals surface area (Å²) in [5.74, 6) is 0.364. The van der Waals surface area contributed by atoms with E-state index in [0.29, 0.717) is 0 Å². The third-order valence-corrected chi connectivity index (χ3v) is 5.34. The molecule has 0 radical (unpaired) electrons. The zero-order valence-electron chi connectivity index (χ0n) is 14.2. The first-order valence-electron chi connectivity index (χ1n) is 9.10. The molecule has 1 aromatic heterocycles. The molecule has 0 aliphatic heterocycles. The molecule has 1 aliphatic rings. The maximum absolute atomic E-state index is 12.5. The molecule has 0 saturated heterocycles. The number of anilines is 1. The van der Waals surface area contributed by atoms with Crippen molar-refractivity contribution in [1.82, 2.24) is 4.98 Å². The second-order valence-corrected chi connectivity index (χ2v) is 6.90. The van der Waals surface area contributed by atoms with Crippen LogP contribution in [0.5, 0.6) is 0 Å². The Morgan fingerprint density at radius 2 is 1.96 bits per heavy atom. The smallest absolute Gasteiger partial charge is 0.227 e. The van der Waals surface area contributed by atoms with Crippen molar-refractivity contribution >= 4 is 33.4 Å². The molecule has 0 spiro atoms. The highest BCUT2D eigenvalue weighted by molar-refractivity contribution is 6.09. The Morgan fingerprint density at radius 1 is 1.12 bits per heavy atom. The summed E-state index contributed by atoms with van der Waals surface area (Å²) in [5, 5.41) is 5.60. The number of carbonyl (C=O) groups excluding carboxylic acids is 1. The van der Waals surface area contributed by atoms with Gasteiger partial charge in [0.1, 0.15) is 0 Å². The van der Waals surface area contributed by atoms with E-state index >= 15 is 0 Å². The Morgan fingerprint density at radius 3 is 2.75 bits per heavy atom. The monoisotopic (exact) mass is 320 g/mol. The lowest BCUT2D eigenvalue weighted by Crippen LogP contribution is -2.24. The van der Waals surface area contributed by atoms with Crippen molar-refractivity contribution in [2.75, 3.05) is 5.32 Å². The maximum atomic E-state index is 12.5. The Kier molecular flexibility index (Phi) is 4.01. The fourth-order valence-corrected chi connectivity index (χ4v) is 3.97. The minimum atomic E-state index is 0.180. The normalized spacial score (nSPS) is 15.9. The first kappa shape index (κ1) is 15.3. The molecule has 3 heteroatoms. The van der Waals surface area contributed by atoms with Crippen molar-refractivity contribution in [1.29, 1.82) is 0 Å². The number of aryl methyl sites for hydroxylation is 1. The largest absolute Gasteiger partial charge is 0.354 e. The van der Waals surface area contributed by atoms with Crippen LogP contribution in [0.4, 0.5) is 5.69 Å². The van der Waals surface area contributed by atoms with Crippen LogP contribution >= 0.6 is 0 Å². The number of nitrogens with one attached hydrogen (secondary N) is 2. The van der Waals surface area contributed by atoms with Gasteiger partial charge in [-0.05, 0) is 37.0 Å². The van der Waals surface area contributed by atoms with Gasteiger partial charge in [0.05, 0.1) is 0 Å². The molecule has 1 aliphatic carbocycles. The van der Waals surface area contributed by atoms with Gasteiger partial charge in [0.25, 0.3) is 0 Å². The molecule has 1 heterocycles. The van der Waals surface area contributed by atoms with E-state index in [2.05, 4.69) is 47.6 Å². The van der Waals surface area contributed by atoms with E-state index in [-0.39, 0.29) is 11.8 Å². The Labute approximate surface area is 142 Å². The fourth-order valence-electron chi connectivity index (χ4n) is 3.97. The van der Waals surface area contributed by atoms with Crippen LogP contribution in [0.25, 0.3) is 21.8 Å². The molecule has 2 N–H and O–H groups in total. The van der Waals surface area contributed by atoms with Gasteiger partial charge in [-0.3, -0.25) is 4.79 Å². The lowest BCUT2D eigenvalue weighted by molar-refractivity contribution is -0.120. The average Bonchev–Trinajstić information content (AvgIpc) is 3.00. The van der Waals surface area contributed by atoms with Crippen LogP contribution in [-0.2, 0) is 11.2 Å². The second-order valence-electron chi connectivity index (χ2n) is 6.90. The highest BCUT2D eigenvalue weighted by Crippen LogP contribution is 2.30. The van der Waals surface area contributed by atoms with Crippen LogP contribution in [-0.4, -0.2) is 10.9 Å². The van der Waals surface area contributed by atoms with Gasteiger partial charge in [-0.1, -0.05) is 50.5 Å². The number of H-pyrrole nitrogens is 1. The maximum Gasteiger partial charge on any atom is 0.227 e. The van der Waals surface area contributed by atoms with Crippen molar-refractivity contribution in [3.63, 3.8) is 0 Å². The number of fused-ring (bicyclic) bond motifs is 3. The quantitative estimate of drug-likeness (QED) is 0.666. The van der Waals surface area contributed by atoms with E-state index in [9.17, 15) is 4.79 Å². The van der Waals surface area contributed by atoms with Gasteiger partial charge < -0.3 is 10.3 Å². The highest BCUT2D eigenvalue weighted by atomic mass is 16.1. The third kappa shape index (κ3) is 2.68. The van der Waals surface area contributed by atoms with Gasteiger partial charge in [-0.25, -0.2) is 0 Å². The predicted molar refractivity (Wildman–Crippen MR) is 100 cm³/mol. The molecule has 0 bridgehead atoms. The van der Waals surface area contributed by atoms with E-state index in [0.717, 1.165) is 30.5 Å². The fraction of sp³-hybridized carbons (Fsp3) is 0.381. The minimum Gasteiger partial charge on any atom is -0.354 e. The summed E-state index contributed by atoms with van der Waals surface area (Å²) in [7, 11) is 0. The van der Waals surface area contributed by atoms with E-state index in [1.807, 2.05) is 6.07 Å². The number of hydrogen-bond acceptors (Lipinski definition) is 1. The predicted octanol–water partition coefficient (Wildman–Crippen LogP) is 5.40. The van der Waals surface area contributed by atoms with Crippen molar-refractivity contribution in [3.05, 3.63) is 42.0 Å². The minimum absolute atomic E-state index is 0.180. The zero-order chi connectivity index (χ0) is 16.5. The Bertz CT molecular complexity index is 887. The summed E-state index contributed by atoms with van der Waals surface area (Å²) in [6, 6.07) is 12.7. The van der Waals surface area contributed by atoms with Gasteiger partial charge in [-0.2, -0.15) is 0 Å². The van der Waals surface area contributed by atoms with E-state index in [4.69, 9.17) is 0 Å². The highest BCUT2D eigenvalue weighted by Gasteiger charge is 2.21. The van der Waals surface area contributed by atoms with Crippen LogP contribution in [0.2, 0.25) is 0 Å². The molecule has 4 rings (SSSR count). The summed E-state index contributed by atoms with van der Waals surface area (Å²) in [6.45, 7) is 2.18. The topological polar surface area (TPSA) is 44.9 Å². The Hall–Kier alpha value is -2.29. The third-order valence-electron chi connectivity index (χ3n) is 5.34. The first-order valence-corrected chi connectivity index (χ1v) is 9.10. The molecular weight excluding hydrogens is 296 g/mol. The van der Waals surface area contributed by atoms with Gasteiger partial charge in [0.15, 0.2) is 0 Å². The van der Waals surface area contributed by atoms with Crippen molar-refractivity contribution in [3.8, 4) is 0 Å². The summed E-state index contributed by atoms with van der Waals surface area (Å²) in [5.41, 5.74) is 4.53. The number of carbonyl (C=O) groups is 1. The molecule has 3 aromatic rings. The molecular formula is C21H24N2O. The molecule has 1 fully saturated rings. The van der Waals surface area contributed by atoms with Gasteiger partial charge in [0.2, 0.25) is 5.91 Å². The van der Waals surface area contributed by atoms with Crippen LogP contribution in [0, 0.1) is 5.92 Å². The molecule has 3 nitrogen and oxygen atoms in total. The first-order chi connectivity index (χ1) is 11.8. The van der Waals surface area contributed by atoms with Crippen LogP contribution in [0.3, 0.4) is 0 Å². The van der Waals surface area contributed by atoms with Crippen molar-refractivity contribution in [2.24, 2.45) is 5.92 Å². The molecule has 24 heavy (non-hydrogen) atoms. The lowest BCUT2D eigenvalue weighted by atomic mass is 9.88. The number of benzene rings is 2. The summed E-state index contributed by atoms with van der Waals surface area (Å²) in [6.07, 6.45) is 6.69. The number of para-hydroxylation sites is 1. The van der Waals surface area contributed by atoms with Gasteiger partial charge in [0, 0.05) is 33.4 Å². The Balaban J connectivity index is 1.65. The lowest BCUT2D eigenvalue weighted by Gasteiger charge is -2.20. The van der Waals surface area contributed by atoms with Crippen LogP contribution in [0.15, 0.2) is 36.4 Å². The molecule has 1 saturated carbocycles. The van der Waals surface area contributed by atoms with Crippen molar-refractivity contribution in [2.45, 2.75) is 45.4 Å². The van der Waals surface area contributed by atoms with Gasteiger partial charge in [-0.15, -0.1) is 0 Å². The number of hydrogen-bond donors (Lipinski definition) is 2. The number of amides is 1. The van der Waals surface area contributed by atoms with Gasteiger partial charge >= 0.3 is 0 Å². The number of aromatic amines is 1. The second kappa shape index (κ2) is 6.31. The average molecular weight is 320 g/mol. The van der Waals surface area contributed by atoms with E-state index in [1.165, 1.54) is 41.1 Å². The standard InChI is InChI=1S/C21H24N2O/c1-2-14-9-6-10-18-17-12-11-16(13-19(17)23-20(14)18)22-21(24)15-7-4-3-5-8-15/h6,9-13,15,23H,2-5,7-8H2,1H3,(H,22,24). The molecule has 124 valence electrons. The zero-order valence-corrected chi connectivity index (χ0v) is 14.2. The SMILES string of the molecule is CCc1cccc2c1[nH]c1cc(NC(=O)C3CCCCC3)ccc12. The molecule has 0 atom stereocenters. The summed E-state index contributed by atoms with van der Waals surface area (Å²) in [4.78, 5) is 16.0. The van der Waals surface area contributed by atoms with E-state index < -0.39 is 0 Å². The number of aromatic nitrogens is 1. The number of rotatable bonds is 3. The van der Waals surface area contributed by atoms with Crippen LogP contribution in [0.1, 0.15) is 44.6 Å². The molecule has 2 aromatic carbocycles. The summed E-state index contributed by atoms with van der Waals surface area (Å²) < 4.78 is 0. The molecule has 1 amide bonds.